The van der Waals surface area contributed by atoms with Crippen molar-refractivity contribution in [2.24, 2.45) is 0 Å². The Morgan fingerprint density at radius 1 is 1.26 bits per heavy atom. The van der Waals surface area contributed by atoms with Crippen LogP contribution in [0.2, 0.25) is 0 Å². The van der Waals surface area contributed by atoms with Gasteiger partial charge in [0.1, 0.15) is 5.75 Å². The van der Waals surface area contributed by atoms with E-state index in [1.165, 1.54) is 0 Å². The minimum atomic E-state index is -0.786. The van der Waals surface area contributed by atoms with E-state index in [4.69, 9.17) is 4.74 Å². The van der Waals surface area contributed by atoms with Crippen molar-refractivity contribution in [3.63, 3.8) is 0 Å². The van der Waals surface area contributed by atoms with Gasteiger partial charge in [0, 0.05) is 30.9 Å². The zero-order chi connectivity index (χ0) is 16.2. The van der Waals surface area contributed by atoms with Crippen LogP contribution in [0.3, 0.4) is 0 Å². The lowest BCUT2D eigenvalue weighted by Gasteiger charge is -2.24. The molecule has 1 aliphatic rings. The number of nitrogens with one attached hydrogen (secondary N) is 1. The summed E-state index contributed by atoms with van der Waals surface area (Å²) in [5.41, 5.74) is 2.11. The van der Waals surface area contributed by atoms with Crippen LogP contribution < -0.4 is 10.1 Å². The van der Waals surface area contributed by atoms with Crippen molar-refractivity contribution in [3.05, 3.63) is 59.9 Å². The van der Waals surface area contributed by atoms with Gasteiger partial charge in [-0.05, 0) is 35.7 Å². The number of ether oxygens (including phenoxy) is 1. The number of aromatic nitrogens is 1. The largest absolute Gasteiger partial charge is 0.497 e. The van der Waals surface area contributed by atoms with Crippen LogP contribution in [0.1, 0.15) is 23.5 Å². The zero-order valence-electron chi connectivity index (χ0n) is 13.1. The molecule has 23 heavy (non-hydrogen) atoms. The summed E-state index contributed by atoms with van der Waals surface area (Å²) in [6, 6.07) is 11.5. The number of hydrogen-bond donors (Lipinski definition) is 3. The summed E-state index contributed by atoms with van der Waals surface area (Å²) in [4.78, 5) is 4.15. The van der Waals surface area contributed by atoms with E-state index >= 15 is 0 Å². The third kappa shape index (κ3) is 3.52. The number of aliphatic hydroxyl groups excluding tert-OH is 2. The average molecular weight is 314 g/mol. The molecule has 1 fully saturated rings. The maximum absolute atomic E-state index is 10.3. The van der Waals surface area contributed by atoms with E-state index < -0.39 is 12.2 Å². The highest BCUT2D eigenvalue weighted by molar-refractivity contribution is 5.29. The first-order valence-electron chi connectivity index (χ1n) is 7.81. The Bertz CT molecular complexity index is 635. The maximum Gasteiger partial charge on any atom is 0.119 e. The normalized spacial score (nSPS) is 27.1. The third-order valence-corrected chi connectivity index (χ3v) is 4.48. The van der Waals surface area contributed by atoms with E-state index in [1.54, 1.807) is 19.5 Å². The van der Waals surface area contributed by atoms with Gasteiger partial charge in [0.15, 0.2) is 0 Å². The highest BCUT2D eigenvalue weighted by Crippen LogP contribution is 2.35. The zero-order valence-corrected chi connectivity index (χ0v) is 13.1. The fraction of sp³-hybridized carbons (Fsp3) is 0.389. The van der Waals surface area contributed by atoms with Gasteiger partial charge >= 0.3 is 0 Å². The van der Waals surface area contributed by atoms with Crippen molar-refractivity contribution >= 4 is 0 Å². The average Bonchev–Trinajstić information content (AvgIpc) is 2.89. The molecule has 0 spiro atoms. The number of rotatable bonds is 5. The van der Waals surface area contributed by atoms with Crippen molar-refractivity contribution in [1.29, 1.82) is 0 Å². The molecule has 0 amide bonds. The minimum absolute atomic E-state index is 0.0410. The predicted molar refractivity (Wildman–Crippen MR) is 87.2 cm³/mol. The van der Waals surface area contributed by atoms with E-state index in [2.05, 4.69) is 10.3 Å². The van der Waals surface area contributed by atoms with Crippen molar-refractivity contribution in [1.82, 2.24) is 10.3 Å². The van der Waals surface area contributed by atoms with Gasteiger partial charge in [-0.1, -0.05) is 18.2 Å². The molecule has 3 N–H and O–H groups in total. The molecule has 1 aromatic heterocycles. The molecule has 1 saturated carbocycles. The molecule has 0 bridgehead atoms. The molecule has 1 heterocycles. The number of nitrogens with zero attached hydrogens (tertiary/aromatic N) is 1. The van der Waals surface area contributed by atoms with Crippen molar-refractivity contribution in [2.45, 2.75) is 37.1 Å². The molecule has 2 aromatic rings. The number of pyridine rings is 1. The van der Waals surface area contributed by atoms with Crippen LogP contribution in [-0.4, -0.2) is 40.6 Å². The van der Waals surface area contributed by atoms with E-state index in [9.17, 15) is 10.2 Å². The van der Waals surface area contributed by atoms with Crippen LogP contribution in [-0.2, 0) is 6.54 Å². The summed E-state index contributed by atoms with van der Waals surface area (Å²) in [6.45, 7) is 0.600. The molecule has 122 valence electrons. The second-order valence-electron chi connectivity index (χ2n) is 5.94. The lowest BCUT2D eigenvalue weighted by atomic mass is 9.95. The lowest BCUT2D eigenvalue weighted by Crippen LogP contribution is -2.41. The first-order chi connectivity index (χ1) is 11.2. The second kappa shape index (κ2) is 7.08. The molecular weight excluding hydrogens is 292 g/mol. The molecule has 0 unspecified atom stereocenters. The number of hydrogen-bond acceptors (Lipinski definition) is 5. The van der Waals surface area contributed by atoms with Gasteiger partial charge < -0.3 is 20.3 Å². The SMILES string of the molecule is COc1cccc(CN[C@H]2[C@H](O)[C@H](O)C[C@@H]2c2cccnc2)c1. The van der Waals surface area contributed by atoms with E-state index in [0.29, 0.717) is 13.0 Å². The van der Waals surface area contributed by atoms with E-state index in [0.717, 1.165) is 16.9 Å². The quantitative estimate of drug-likeness (QED) is 0.779. The van der Waals surface area contributed by atoms with Gasteiger partial charge in [-0.15, -0.1) is 0 Å². The fourth-order valence-electron chi connectivity index (χ4n) is 3.24. The molecular formula is C18H22N2O3. The molecule has 3 rings (SSSR count). The van der Waals surface area contributed by atoms with Crippen molar-refractivity contribution in [2.75, 3.05) is 7.11 Å². The Morgan fingerprint density at radius 2 is 2.13 bits per heavy atom. The van der Waals surface area contributed by atoms with Gasteiger partial charge in [0.25, 0.3) is 0 Å². The molecule has 1 aliphatic carbocycles. The van der Waals surface area contributed by atoms with Gasteiger partial charge in [-0.3, -0.25) is 4.98 Å². The molecule has 0 aliphatic heterocycles. The Balaban J connectivity index is 1.73. The van der Waals surface area contributed by atoms with Crippen LogP contribution in [0.25, 0.3) is 0 Å². The topological polar surface area (TPSA) is 74.6 Å². The van der Waals surface area contributed by atoms with Gasteiger partial charge in [-0.25, -0.2) is 0 Å². The molecule has 5 nitrogen and oxygen atoms in total. The fourth-order valence-corrected chi connectivity index (χ4v) is 3.24. The summed E-state index contributed by atoms with van der Waals surface area (Å²) in [7, 11) is 1.64. The highest BCUT2D eigenvalue weighted by Gasteiger charge is 2.42. The van der Waals surface area contributed by atoms with Crippen LogP contribution in [0.5, 0.6) is 5.75 Å². The molecule has 4 atom stereocenters. The van der Waals surface area contributed by atoms with Crippen LogP contribution in [0.4, 0.5) is 0 Å². The summed E-state index contributed by atoms with van der Waals surface area (Å²) < 4.78 is 5.23. The molecule has 1 aromatic carbocycles. The van der Waals surface area contributed by atoms with Crippen molar-refractivity contribution < 1.29 is 14.9 Å². The van der Waals surface area contributed by atoms with E-state index in [1.807, 2.05) is 36.4 Å². The predicted octanol–water partition coefficient (Wildman–Crippen LogP) is 1.46. The summed E-state index contributed by atoms with van der Waals surface area (Å²) in [5.74, 6) is 0.847. The standard InChI is InChI=1S/C18H22N2O3/c1-23-14-6-2-4-12(8-14)10-20-17-15(9-16(21)18(17)22)13-5-3-7-19-11-13/h2-8,11,15-18,20-22H,9-10H2,1H3/t15-,16-,17-,18-/m1/s1. The van der Waals surface area contributed by atoms with Gasteiger partial charge in [0.2, 0.25) is 0 Å². The Labute approximate surface area is 136 Å². The molecule has 0 saturated heterocycles. The van der Waals surface area contributed by atoms with Crippen molar-refractivity contribution in [3.8, 4) is 5.75 Å². The van der Waals surface area contributed by atoms with E-state index in [-0.39, 0.29) is 12.0 Å². The van der Waals surface area contributed by atoms with Gasteiger partial charge in [0.05, 0.1) is 19.3 Å². The summed E-state index contributed by atoms with van der Waals surface area (Å²) in [6.07, 6.45) is 2.55. The summed E-state index contributed by atoms with van der Waals surface area (Å²) in [5, 5.41) is 23.7. The van der Waals surface area contributed by atoms with Crippen LogP contribution >= 0.6 is 0 Å². The first kappa shape index (κ1) is 15.9. The Morgan fingerprint density at radius 3 is 2.87 bits per heavy atom. The molecule has 5 heteroatoms. The van der Waals surface area contributed by atoms with Gasteiger partial charge in [-0.2, -0.15) is 0 Å². The summed E-state index contributed by atoms with van der Waals surface area (Å²) >= 11 is 0. The number of aliphatic hydroxyl groups is 2. The monoisotopic (exact) mass is 314 g/mol. The number of methoxy groups -OCH3 is 1. The Kier molecular flexibility index (Phi) is 4.91. The maximum atomic E-state index is 10.3. The van der Waals surface area contributed by atoms with Crippen LogP contribution in [0.15, 0.2) is 48.8 Å². The molecule has 0 radical (unpaired) electrons. The third-order valence-electron chi connectivity index (χ3n) is 4.48. The Hall–Kier alpha value is -1.95. The smallest absolute Gasteiger partial charge is 0.119 e. The minimum Gasteiger partial charge on any atom is -0.497 e. The highest BCUT2D eigenvalue weighted by atomic mass is 16.5. The van der Waals surface area contributed by atoms with Crippen LogP contribution in [0, 0.1) is 0 Å². The first-order valence-corrected chi connectivity index (χ1v) is 7.81. The second-order valence-corrected chi connectivity index (χ2v) is 5.94. The lowest BCUT2D eigenvalue weighted by molar-refractivity contribution is 0.0297. The number of benzene rings is 1.